The zero-order valence-electron chi connectivity index (χ0n) is 14.2. The van der Waals surface area contributed by atoms with Crippen molar-refractivity contribution in [2.45, 2.75) is 31.7 Å². The van der Waals surface area contributed by atoms with Crippen LogP contribution in [0.5, 0.6) is 5.75 Å². The number of aliphatic hydroxyl groups excluding tert-OH is 1. The number of phenols is 1. The molecule has 3 rings (SSSR count). The van der Waals surface area contributed by atoms with E-state index in [9.17, 15) is 9.90 Å². The molecule has 1 aromatic carbocycles. The van der Waals surface area contributed by atoms with Crippen molar-refractivity contribution in [1.29, 1.82) is 0 Å². The number of likely N-dealkylation sites (tertiary alicyclic amines) is 2. The Hall–Kier alpha value is -1.43. The number of β-amino-alcohol motifs (C(OH)–C–C–N with tert-alkyl or cyclic N) is 1. The Kier molecular flexibility index (Phi) is 5.87. The summed E-state index contributed by atoms with van der Waals surface area (Å²) in [4.78, 5) is 17.6. The number of nitrogens with zero attached hydrogens (tertiary/aromatic N) is 2. The number of hydrogen-bond donors (Lipinski definition) is 2. The topological polar surface area (TPSA) is 64.0 Å². The van der Waals surface area contributed by atoms with Crippen molar-refractivity contribution in [3.05, 3.63) is 29.8 Å². The van der Waals surface area contributed by atoms with Gasteiger partial charge in [-0.2, -0.15) is 0 Å². The summed E-state index contributed by atoms with van der Waals surface area (Å²) in [6.45, 7) is 4.98. The molecule has 0 amide bonds. The van der Waals surface area contributed by atoms with Crippen LogP contribution in [-0.4, -0.2) is 71.2 Å². The average Bonchev–Trinajstić information content (AvgIpc) is 2.62. The van der Waals surface area contributed by atoms with E-state index in [2.05, 4.69) is 9.80 Å². The van der Waals surface area contributed by atoms with Gasteiger partial charge < -0.3 is 15.1 Å². The molecule has 1 aromatic rings. The quantitative estimate of drug-likeness (QED) is 0.804. The highest BCUT2D eigenvalue weighted by Crippen LogP contribution is 2.26. The SMILES string of the molecule is O=C(c1cccc(O)c1)C1CCCN(C2CCN(CCO)CC2)C1. The molecule has 2 heterocycles. The normalized spacial score (nSPS) is 24.1. The first-order valence-electron chi connectivity index (χ1n) is 9.08. The predicted octanol–water partition coefficient (Wildman–Crippen LogP) is 1.74. The van der Waals surface area contributed by atoms with E-state index in [4.69, 9.17) is 5.11 Å². The fourth-order valence-corrected chi connectivity index (χ4v) is 4.10. The summed E-state index contributed by atoms with van der Waals surface area (Å²) in [5.41, 5.74) is 0.625. The molecule has 0 aliphatic carbocycles. The molecule has 132 valence electrons. The lowest BCUT2D eigenvalue weighted by Crippen LogP contribution is -2.49. The first kappa shape index (κ1) is 17.4. The number of piperidine rings is 2. The fraction of sp³-hybridized carbons (Fsp3) is 0.632. The lowest BCUT2D eigenvalue weighted by atomic mass is 9.88. The zero-order valence-corrected chi connectivity index (χ0v) is 14.2. The summed E-state index contributed by atoms with van der Waals surface area (Å²) >= 11 is 0. The molecule has 2 saturated heterocycles. The number of rotatable bonds is 5. The number of benzene rings is 1. The minimum atomic E-state index is 0.0380. The minimum absolute atomic E-state index is 0.0380. The molecule has 5 heteroatoms. The Morgan fingerprint density at radius 1 is 1.17 bits per heavy atom. The van der Waals surface area contributed by atoms with Gasteiger partial charge >= 0.3 is 0 Å². The van der Waals surface area contributed by atoms with E-state index in [0.717, 1.165) is 58.4 Å². The van der Waals surface area contributed by atoms with E-state index in [0.29, 0.717) is 11.6 Å². The van der Waals surface area contributed by atoms with Gasteiger partial charge in [0.2, 0.25) is 0 Å². The molecule has 1 atom stereocenters. The van der Waals surface area contributed by atoms with Crippen LogP contribution in [0.25, 0.3) is 0 Å². The Bertz CT molecular complexity index is 555. The Labute approximate surface area is 143 Å². The molecule has 0 saturated carbocycles. The second-order valence-electron chi connectivity index (χ2n) is 7.05. The summed E-state index contributed by atoms with van der Waals surface area (Å²) in [5.74, 6) is 0.356. The zero-order chi connectivity index (χ0) is 16.9. The second-order valence-corrected chi connectivity index (χ2v) is 7.05. The second kappa shape index (κ2) is 8.10. The number of aliphatic hydroxyl groups is 1. The molecule has 0 spiro atoms. The van der Waals surface area contributed by atoms with Crippen LogP contribution < -0.4 is 0 Å². The Balaban J connectivity index is 1.57. The van der Waals surface area contributed by atoms with E-state index in [1.807, 2.05) is 0 Å². The first-order valence-corrected chi connectivity index (χ1v) is 9.08. The predicted molar refractivity (Wildman–Crippen MR) is 93.3 cm³/mol. The lowest BCUT2D eigenvalue weighted by molar-refractivity contribution is 0.0566. The standard InChI is InChI=1S/C19H28N2O3/c22-12-11-20-9-6-17(7-10-20)21-8-2-4-16(14-21)19(24)15-3-1-5-18(23)13-15/h1,3,5,13,16-17,22-23H,2,4,6-12,14H2. The lowest BCUT2D eigenvalue weighted by Gasteiger charge is -2.42. The number of carbonyl (C=O) groups excluding carboxylic acids is 1. The van der Waals surface area contributed by atoms with Gasteiger partial charge in [-0.1, -0.05) is 12.1 Å². The van der Waals surface area contributed by atoms with Crippen LogP contribution in [-0.2, 0) is 0 Å². The molecule has 0 radical (unpaired) electrons. The Morgan fingerprint density at radius 3 is 2.67 bits per heavy atom. The van der Waals surface area contributed by atoms with Crippen molar-refractivity contribution in [3.8, 4) is 5.75 Å². The third-order valence-electron chi connectivity index (χ3n) is 5.44. The highest BCUT2D eigenvalue weighted by Gasteiger charge is 2.31. The first-order chi connectivity index (χ1) is 11.7. The molecule has 2 N–H and O–H groups in total. The molecule has 0 aromatic heterocycles. The van der Waals surface area contributed by atoms with E-state index in [-0.39, 0.29) is 24.1 Å². The minimum Gasteiger partial charge on any atom is -0.508 e. The van der Waals surface area contributed by atoms with Crippen LogP contribution in [0.4, 0.5) is 0 Å². The van der Waals surface area contributed by atoms with Crippen molar-refractivity contribution >= 4 is 5.78 Å². The molecule has 2 fully saturated rings. The number of phenolic OH excluding ortho intramolecular Hbond substituents is 1. The van der Waals surface area contributed by atoms with E-state index in [1.54, 1.807) is 24.3 Å². The van der Waals surface area contributed by atoms with Gasteiger partial charge in [0.25, 0.3) is 0 Å². The summed E-state index contributed by atoms with van der Waals surface area (Å²) < 4.78 is 0. The number of hydrogen-bond acceptors (Lipinski definition) is 5. The van der Waals surface area contributed by atoms with Crippen LogP contribution in [0, 0.1) is 5.92 Å². The molecule has 1 unspecified atom stereocenters. The summed E-state index contributed by atoms with van der Waals surface area (Å²) in [5, 5.41) is 18.6. The molecule has 5 nitrogen and oxygen atoms in total. The Morgan fingerprint density at radius 2 is 1.96 bits per heavy atom. The third-order valence-corrected chi connectivity index (χ3v) is 5.44. The summed E-state index contributed by atoms with van der Waals surface area (Å²) in [7, 11) is 0. The molecule has 2 aliphatic rings. The average molecular weight is 332 g/mol. The van der Waals surface area contributed by atoms with E-state index < -0.39 is 0 Å². The molecular weight excluding hydrogens is 304 g/mol. The smallest absolute Gasteiger partial charge is 0.167 e. The van der Waals surface area contributed by atoms with Crippen LogP contribution in [0.1, 0.15) is 36.0 Å². The molecule has 0 bridgehead atoms. The van der Waals surface area contributed by atoms with Crippen molar-refractivity contribution < 1.29 is 15.0 Å². The highest BCUT2D eigenvalue weighted by atomic mass is 16.3. The highest BCUT2D eigenvalue weighted by molar-refractivity contribution is 5.98. The van der Waals surface area contributed by atoms with Gasteiger partial charge in [0.1, 0.15) is 5.75 Å². The number of Topliss-reactive ketones (excluding diaryl/α,β-unsaturated/α-hetero) is 1. The van der Waals surface area contributed by atoms with Gasteiger partial charge in [-0.15, -0.1) is 0 Å². The molecule has 24 heavy (non-hydrogen) atoms. The van der Waals surface area contributed by atoms with Crippen molar-refractivity contribution in [3.63, 3.8) is 0 Å². The van der Waals surface area contributed by atoms with Crippen LogP contribution >= 0.6 is 0 Å². The van der Waals surface area contributed by atoms with Crippen LogP contribution in [0.2, 0.25) is 0 Å². The monoisotopic (exact) mass is 332 g/mol. The molecular formula is C19H28N2O3. The maximum atomic E-state index is 12.7. The number of aromatic hydroxyl groups is 1. The van der Waals surface area contributed by atoms with Crippen LogP contribution in [0.3, 0.4) is 0 Å². The molecule has 2 aliphatic heterocycles. The maximum absolute atomic E-state index is 12.7. The van der Waals surface area contributed by atoms with E-state index in [1.165, 1.54) is 0 Å². The fourth-order valence-electron chi connectivity index (χ4n) is 4.10. The van der Waals surface area contributed by atoms with Crippen LogP contribution in [0.15, 0.2) is 24.3 Å². The summed E-state index contributed by atoms with van der Waals surface area (Å²) in [6.07, 6.45) is 4.24. The third kappa shape index (κ3) is 4.15. The van der Waals surface area contributed by atoms with Gasteiger partial charge in [-0.05, 0) is 57.5 Å². The van der Waals surface area contributed by atoms with Gasteiger partial charge in [0.15, 0.2) is 5.78 Å². The largest absolute Gasteiger partial charge is 0.508 e. The van der Waals surface area contributed by atoms with Gasteiger partial charge in [0, 0.05) is 30.6 Å². The number of ketones is 1. The van der Waals surface area contributed by atoms with Gasteiger partial charge in [-0.3, -0.25) is 9.69 Å². The van der Waals surface area contributed by atoms with Crippen molar-refractivity contribution in [2.75, 3.05) is 39.3 Å². The van der Waals surface area contributed by atoms with Crippen molar-refractivity contribution in [1.82, 2.24) is 9.80 Å². The van der Waals surface area contributed by atoms with Crippen molar-refractivity contribution in [2.24, 2.45) is 5.92 Å². The summed E-state index contributed by atoms with van der Waals surface area (Å²) in [6, 6.07) is 7.27. The van der Waals surface area contributed by atoms with Gasteiger partial charge in [0.05, 0.1) is 6.61 Å². The number of carbonyl (C=O) groups is 1. The maximum Gasteiger partial charge on any atom is 0.167 e. The van der Waals surface area contributed by atoms with Gasteiger partial charge in [-0.25, -0.2) is 0 Å². The van der Waals surface area contributed by atoms with E-state index >= 15 is 0 Å².